The molecule has 1 saturated heterocycles. The van der Waals surface area contributed by atoms with Crippen LogP contribution in [0.5, 0.6) is 0 Å². The van der Waals surface area contributed by atoms with Gasteiger partial charge in [-0.05, 0) is 24.9 Å². The van der Waals surface area contributed by atoms with Crippen molar-refractivity contribution in [2.24, 2.45) is 0 Å². The van der Waals surface area contributed by atoms with Gasteiger partial charge in [0.15, 0.2) is 0 Å². The van der Waals surface area contributed by atoms with Gasteiger partial charge < -0.3 is 15.1 Å². The molecule has 0 spiro atoms. The Morgan fingerprint density at radius 3 is 2.70 bits per heavy atom. The van der Waals surface area contributed by atoms with Gasteiger partial charge in [-0.1, -0.05) is 0 Å². The van der Waals surface area contributed by atoms with Gasteiger partial charge >= 0.3 is 0 Å². The molecule has 0 unspecified atom stereocenters. The van der Waals surface area contributed by atoms with Crippen LogP contribution in [0.25, 0.3) is 0 Å². The second-order valence-corrected chi connectivity index (χ2v) is 5.67. The van der Waals surface area contributed by atoms with Crippen LogP contribution in [0.4, 0.5) is 0 Å². The summed E-state index contributed by atoms with van der Waals surface area (Å²) in [5, 5.41) is 6.78. The van der Waals surface area contributed by atoms with Gasteiger partial charge in [-0.25, -0.2) is 0 Å². The second kappa shape index (κ2) is 7.40. The van der Waals surface area contributed by atoms with E-state index >= 15 is 0 Å². The van der Waals surface area contributed by atoms with E-state index in [1.54, 1.807) is 0 Å². The predicted molar refractivity (Wildman–Crippen MR) is 80.0 cm³/mol. The molecule has 0 atom stereocenters. The molecular formula is C14H21N3O2S. The molecule has 1 N–H and O–H groups in total. The van der Waals surface area contributed by atoms with Gasteiger partial charge in [0.1, 0.15) is 0 Å². The largest absolute Gasteiger partial charge is 0.341 e. The van der Waals surface area contributed by atoms with Crippen LogP contribution in [0, 0.1) is 0 Å². The first kappa shape index (κ1) is 15.0. The first-order valence-electron chi connectivity index (χ1n) is 6.96. The zero-order chi connectivity index (χ0) is 14.4. The van der Waals surface area contributed by atoms with Crippen LogP contribution < -0.4 is 5.32 Å². The summed E-state index contributed by atoms with van der Waals surface area (Å²) in [4.78, 5) is 28.0. The molecule has 0 aromatic carbocycles. The summed E-state index contributed by atoms with van der Waals surface area (Å²) in [6.07, 6.45) is 1.37. The average molecular weight is 295 g/mol. The quantitative estimate of drug-likeness (QED) is 0.903. The third-order valence-electron chi connectivity index (χ3n) is 3.49. The minimum atomic E-state index is 0.0794. The minimum Gasteiger partial charge on any atom is -0.341 e. The van der Waals surface area contributed by atoms with Crippen molar-refractivity contribution >= 4 is 23.2 Å². The van der Waals surface area contributed by atoms with Crippen molar-refractivity contribution in [3.8, 4) is 0 Å². The Bertz CT molecular complexity index is 447. The molecule has 0 saturated carbocycles. The van der Waals surface area contributed by atoms with Crippen LogP contribution >= 0.6 is 11.3 Å². The van der Waals surface area contributed by atoms with E-state index in [2.05, 4.69) is 5.32 Å². The number of nitrogens with zero attached hydrogens (tertiary/aromatic N) is 2. The van der Waals surface area contributed by atoms with E-state index in [9.17, 15) is 9.59 Å². The van der Waals surface area contributed by atoms with Gasteiger partial charge in [-0.15, -0.1) is 0 Å². The number of nitrogens with one attached hydrogen (secondary N) is 1. The summed E-state index contributed by atoms with van der Waals surface area (Å²) >= 11 is 1.53. The number of rotatable bonds is 4. The average Bonchev–Trinajstić information content (AvgIpc) is 2.88. The molecular weight excluding hydrogens is 274 g/mol. The SMILES string of the molecule is CNCCC(=O)N1CCCN(C(=O)c2ccsc2)CC1. The molecule has 2 rings (SSSR count). The first-order valence-corrected chi connectivity index (χ1v) is 7.90. The van der Waals surface area contributed by atoms with Gasteiger partial charge in [0, 0.05) is 44.5 Å². The lowest BCUT2D eigenvalue weighted by Crippen LogP contribution is -2.38. The number of hydrogen-bond donors (Lipinski definition) is 1. The maximum atomic E-state index is 12.3. The lowest BCUT2D eigenvalue weighted by molar-refractivity contribution is -0.130. The molecule has 20 heavy (non-hydrogen) atoms. The smallest absolute Gasteiger partial charge is 0.254 e. The first-order chi connectivity index (χ1) is 9.72. The van der Waals surface area contributed by atoms with Crippen molar-refractivity contribution in [3.05, 3.63) is 22.4 Å². The molecule has 1 aromatic rings. The molecule has 1 fully saturated rings. The lowest BCUT2D eigenvalue weighted by Gasteiger charge is -2.22. The third kappa shape index (κ3) is 3.80. The number of amides is 2. The fourth-order valence-electron chi connectivity index (χ4n) is 2.33. The van der Waals surface area contributed by atoms with Gasteiger partial charge in [-0.2, -0.15) is 11.3 Å². The highest BCUT2D eigenvalue weighted by molar-refractivity contribution is 7.08. The zero-order valence-electron chi connectivity index (χ0n) is 11.8. The van der Waals surface area contributed by atoms with E-state index in [0.29, 0.717) is 26.1 Å². The van der Waals surface area contributed by atoms with Crippen LogP contribution in [0.2, 0.25) is 0 Å². The van der Waals surface area contributed by atoms with Crippen LogP contribution in [-0.4, -0.2) is 61.4 Å². The molecule has 1 aliphatic heterocycles. The molecule has 2 amide bonds. The molecule has 0 aliphatic carbocycles. The van der Waals surface area contributed by atoms with Crippen molar-refractivity contribution in [3.63, 3.8) is 0 Å². The van der Waals surface area contributed by atoms with Crippen molar-refractivity contribution in [2.45, 2.75) is 12.8 Å². The van der Waals surface area contributed by atoms with Crippen molar-refractivity contribution in [2.75, 3.05) is 39.8 Å². The lowest BCUT2D eigenvalue weighted by atomic mass is 10.3. The highest BCUT2D eigenvalue weighted by Gasteiger charge is 2.22. The highest BCUT2D eigenvalue weighted by Crippen LogP contribution is 2.12. The van der Waals surface area contributed by atoms with Crippen LogP contribution in [0.3, 0.4) is 0 Å². The number of thiophene rings is 1. The van der Waals surface area contributed by atoms with E-state index in [1.165, 1.54) is 11.3 Å². The van der Waals surface area contributed by atoms with Crippen molar-refractivity contribution < 1.29 is 9.59 Å². The molecule has 2 heterocycles. The van der Waals surface area contributed by atoms with Crippen molar-refractivity contribution in [1.29, 1.82) is 0 Å². The van der Waals surface area contributed by atoms with E-state index < -0.39 is 0 Å². The molecule has 0 bridgehead atoms. The Morgan fingerprint density at radius 2 is 2.00 bits per heavy atom. The van der Waals surface area contributed by atoms with Gasteiger partial charge in [0.25, 0.3) is 5.91 Å². The van der Waals surface area contributed by atoms with Crippen LogP contribution in [-0.2, 0) is 4.79 Å². The van der Waals surface area contributed by atoms with E-state index in [4.69, 9.17) is 0 Å². The molecule has 1 aromatic heterocycles. The van der Waals surface area contributed by atoms with Gasteiger partial charge in [-0.3, -0.25) is 9.59 Å². The fourth-order valence-corrected chi connectivity index (χ4v) is 2.96. The van der Waals surface area contributed by atoms with Crippen molar-refractivity contribution in [1.82, 2.24) is 15.1 Å². The predicted octanol–water partition coefficient (Wildman–Crippen LogP) is 1.03. The summed E-state index contributed by atoms with van der Waals surface area (Å²) in [5.74, 6) is 0.250. The molecule has 1 aliphatic rings. The fraction of sp³-hybridized carbons (Fsp3) is 0.571. The Kier molecular flexibility index (Phi) is 5.55. The summed E-state index contributed by atoms with van der Waals surface area (Å²) in [7, 11) is 1.84. The standard InChI is InChI=1S/C14H21N3O2S/c1-15-5-3-13(18)16-6-2-7-17(9-8-16)14(19)12-4-10-20-11-12/h4,10-11,15H,2-3,5-9H2,1H3. The normalized spacial score (nSPS) is 16.1. The third-order valence-corrected chi connectivity index (χ3v) is 4.18. The second-order valence-electron chi connectivity index (χ2n) is 4.89. The molecule has 110 valence electrons. The van der Waals surface area contributed by atoms with Gasteiger partial charge in [0.2, 0.25) is 5.91 Å². The summed E-state index contributed by atoms with van der Waals surface area (Å²) in [6.45, 7) is 3.44. The zero-order valence-corrected chi connectivity index (χ0v) is 12.6. The summed E-state index contributed by atoms with van der Waals surface area (Å²) < 4.78 is 0. The number of carbonyl (C=O) groups excluding carboxylic acids is 2. The topological polar surface area (TPSA) is 52.7 Å². The Balaban J connectivity index is 1.89. The van der Waals surface area contributed by atoms with E-state index in [1.807, 2.05) is 33.7 Å². The maximum absolute atomic E-state index is 12.3. The monoisotopic (exact) mass is 295 g/mol. The molecule has 0 radical (unpaired) electrons. The summed E-state index contributed by atoms with van der Waals surface area (Å²) in [5.41, 5.74) is 0.755. The van der Waals surface area contributed by atoms with E-state index in [-0.39, 0.29) is 11.8 Å². The number of hydrogen-bond acceptors (Lipinski definition) is 4. The maximum Gasteiger partial charge on any atom is 0.254 e. The Labute approximate surface area is 123 Å². The Morgan fingerprint density at radius 1 is 1.25 bits per heavy atom. The Hall–Kier alpha value is -1.40. The molecule has 6 heteroatoms. The molecule has 5 nitrogen and oxygen atoms in total. The number of carbonyl (C=O) groups is 2. The van der Waals surface area contributed by atoms with Gasteiger partial charge in [0.05, 0.1) is 5.56 Å². The van der Waals surface area contributed by atoms with E-state index in [0.717, 1.165) is 25.1 Å². The van der Waals surface area contributed by atoms with Crippen LogP contribution in [0.1, 0.15) is 23.2 Å². The summed E-state index contributed by atoms with van der Waals surface area (Å²) in [6, 6.07) is 1.85. The highest BCUT2D eigenvalue weighted by atomic mass is 32.1. The minimum absolute atomic E-state index is 0.0794. The van der Waals surface area contributed by atoms with Crippen LogP contribution in [0.15, 0.2) is 16.8 Å².